The third-order valence-electron chi connectivity index (χ3n) is 3.09. The summed E-state index contributed by atoms with van der Waals surface area (Å²) in [4.78, 5) is 22.7. The molecule has 2 aromatic rings. The molecule has 0 aliphatic heterocycles. The van der Waals surface area contributed by atoms with Gasteiger partial charge in [-0.25, -0.2) is 0 Å². The lowest BCUT2D eigenvalue weighted by Crippen LogP contribution is -2.15. The number of nitro groups is 1. The van der Waals surface area contributed by atoms with Crippen molar-refractivity contribution in [2.24, 2.45) is 0 Å². The molecule has 0 radical (unpaired) electrons. The topological polar surface area (TPSA) is 116 Å². The lowest BCUT2D eigenvalue weighted by molar-refractivity contribution is -0.385. The summed E-state index contributed by atoms with van der Waals surface area (Å²) >= 11 is 1.12. The number of benzene rings is 1. The highest BCUT2D eigenvalue weighted by Crippen LogP contribution is 2.36. The smallest absolute Gasteiger partial charge is 0.387 e. The molecular formula is C14H14F2N4O5S. The number of aromatic nitrogens is 2. The van der Waals surface area contributed by atoms with Gasteiger partial charge in [-0.2, -0.15) is 8.78 Å². The Morgan fingerprint density at radius 1 is 1.31 bits per heavy atom. The van der Waals surface area contributed by atoms with Crippen molar-refractivity contribution in [1.29, 1.82) is 0 Å². The van der Waals surface area contributed by atoms with Crippen molar-refractivity contribution in [2.45, 2.75) is 26.4 Å². The molecule has 1 amide bonds. The molecule has 0 fully saturated rings. The number of carbonyl (C=O) groups is 1. The summed E-state index contributed by atoms with van der Waals surface area (Å²) in [6, 6.07) is 1.66. The molecule has 0 aliphatic carbocycles. The van der Waals surface area contributed by atoms with Gasteiger partial charge in [-0.1, -0.05) is 25.2 Å². The van der Waals surface area contributed by atoms with Crippen LogP contribution in [0.25, 0.3) is 0 Å². The molecule has 2 rings (SSSR count). The van der Waals surface area contributed by atoms with E-state index in [0.29, 0.717) is 11.1 Å². The van der Waals surface area contributed by atoms with Crippen LogP contribution in [-0.4, -0.2) is 34.7 Å². The fraction of sp³-hybridized carbons (Fsp3) is 0.357. The molecule has 1 aromatic carbocycles. The van der Waals surface area contributed by atoms with Crippen LogP contribution in [0.15, 0.2) is 12.1 Å². The van der Waals surface area contributed by atoms with E-state index in [2.05, 4.69) is 20.3 Å². The number of alkyl halides is 2. The van der Waals surface area contributed by atoms with Gasteiger partial charge in [0, 0.05) is 12.0 Å². The molecule has 0 unspecified atom stereocenters. The summed E-state index contributed by atoms with van der Waals surface area (Å²) in [6.07, 6.45) is 0. The Morgan fingerprint density at radius 3 is 2.50 bits per heavy atom. The quantitative estimate of drug-likeness (QED) is 0.570. The van der Waals surface area contributed by atoms with Crippen molar-refractivity contribution in [3.05, 3.63) is 32.8 Å². The van der Waals surface area contributed by atoms with Gasteiger partial charge in [0.15, 0.2) is 11.5 Å². The number of nitro benzene ring substituents is 1. The van der Waals surface area contributed by atoms with Crippen molar-refractivity contribution >= 4 is 28.1 Å². The summed E-state index contributed by atoms with van der Waals surface area (Å²) in [5.74, 6) is -1.56. The molecule has 0 bridgehead atoms. The molecular weight excluding hydrogens is 374 g/mol. The molecule has 0 saturated heterocycles. The monoisotopic (exact) mass is 388 g/mol. The van der Waals surface area contributed by atoms with Crippen molar-refractivity contribution in [3.8, 4) is 11.5 Å². The van der Waals surface area contributed by atoms with E-state index < -0.39 is 34.4 Å². The fourth-order valence-electron chi connectivity index (χ4n) is 1.91. The van der Waals surface area contributed by atoms with Crippen LogP contribution in [0.5, 0.6) is 11.5 Å². The van der Waals surface area contributed by atoms with Gasteiger partial charge in [-0.3, -0.25) is 20.2 Å². The summed E-state index contributed by atoms with van der Waals surface area (Å²) in [5, 5.41) is 22.1. The minimum absolute atomic E-state index is 0.0957. The second-order valence-electron chi connectivity index (χ2n) is 5.21. The largest absolute Gasteiger partial charge is 0.493 e. The number of hydrogen-bond donors (Lipinski definition) is 1. The van der Waals surface area contributed by atoms with Crippen molar-refractivity contribution < 1.29 is 28.0 Å². The maximum Gasteiger partial charge on any atom is 0.387 e. The number of halogens is 2. The first kappa shape index (κ1) is 19.4. The molecule has 12 heteroatoms. The number of carbonyl (C=O) groups excluding carboxylic acids is 1. The summed E-state index contributed by atoms with van der Waals surface area (Å²) in [7, 11) is 1.15. The number of nitrogens with one attached hydrogen (secondary N) is 1. The molecule has 1 heterocycles. The van der Waals surface area contributed by atoms with E-state index in [1.54, 1.807) is 0 Å². The van der Waals surface area contributed by atoms with E-state index in [0.717, 1.165) is 24.5 Å². The molecule has 1 aromatic heterocycles. The first-order chi connectivity index (χ1) is 12.2. The summed E-state index contributed by atoms with van der Waals surface area (Å²) in [6.45, 7) is 0.576. The van der Waals surface area contributed by atoms with Crippen LogP contribution in [0, 0.1) is 10.1 Å². The number of amides is 1. The Hall–Kier alpha value is -2.89. The molecule has 26 heavy (non-hydrogen) atoms. The highest BCUT2D eigenvalue weighted by molar-refractivity contribution is 7.15. The molecule has 0 aliphatic rings. The number of anilines is 1. The SMILES string of the molecule is COc1cc(C(=O)Nc2nnc(C(C)C)s2)c([N+](=O)[O-])cc1OC(F)F. The zero-order chi connectivity index (χ0) is 19.4. The predicted molar refractivity (Wildman–Crippen MR) is 88.2 cm³/mol. The van der Waals surface area contributed by atoms with E-state index in [9.17, 15) is 23.7 Å². The van der Waals surface area contributed by atoms with E-state index in [-0.39, 0.29) is 16.8 Å². The van der Waals surface area contributed by atoms with Gasteiger partial charge in [0.2, 0.25) is 5.13 Å². The Bertz CT molecular complexity index is 828. The minimum atomic E-state index is -3.21. The summed E-state index contributed by atoms with van der Waals surface area (Å²) < 4.78 is 34.0. The van der Waals surface area contributed by atoms with Gasteiger partial charge < -0.3 is 9.47 Å². The lowest BCUT2D eigenvalue weighted by atomic mass is 10.1. The number of methoxy groups -OCH3 is 1. The van der Waals surface area contributed by atoms with Crippen LogP contribution < -0.4 is 14.8 Å². The molecule has 0 spiro atoms. The second-order valence-corrected chi connectivity index (χ2v) is 6.22. The van der Waals surface area contributed by atoms with Crippen LogP contribution in [0.3, 0.4) is 0 Å². The van der Waals surface area contributed by atoms with E-state index >= 15 is 0 Å². The van der Waals surface area contributed by atoms with Crippen molar-refractivity contribution in [1.82, 2.24) is 10.2 Å². The number of ether oxygens (including phenoxy) is 2. The molecule has 1 N–H and O–H groups in total. The van der Waals surface area contributed by atoms with Crippen LogP contribution >= 0.6 is 11.3 Å². The zero-order valence-electron chi connectivity index (χ0n) is 13.9. The molecule has 140 valence electrons. The second kappa shape index (κ2) is 7.99. The number of nitrogens with zero attached hydrogens (tertiary/aromatic N) is 3. The van der Waals surface area contributed by atoms with Gasteiger partial charge in [-0.05, 0) is 0 Å². The van der Waals surface area contributed by atoms with Gasteiger partial charge >= 0.3 is 6.61 Å². The molecule has 0 saturated carbocycles. The molecule has 0 atom stereocenters. The Balaban J connectivity index is 2.39. The normalized spacial score (nSPS) is 10.9. The van der Waals surface area contributed by atoms with Crippen LogP contribution in [-0.2, 0) is 0 Å². The maximum absolute atomic E-state index is 12.4. The standard InChI is InChI=1S/C14H14F2N4O5S/c1-6(2)12-18-19-14(26-12)17-11(21)7-4-9(24-3)10(25-13(15)16)5-8(7)20(22)23/h4-6,13H,1-3H3,(H,17,19,21). The number of rotatable bonds is 7. The highest BCUT2D eigenvalue weighted by atomic mass is 32.1. The van der Waals surface area contributed by atoms with Crippen LogP contribution in [0.1, 0.15) is 35.1 Å². The average molecular weight is 388 g/mol. The van der Waals surface area contributed by atoms with Crippen molar-refractivity contribution in [2.75, 3.05) is 12.4 Å². The van der Waals surface area contributed by atoms with Gasteiger partial charge in [0.25, 0.3) is 11.6 Å². The third-order valence-corrected chi connectivity index (χ3v) is 4.23. The van der Waals surface area contributed by atoms with Crippen LogP contribution in [0.2, 0.25) is 0 Å². The highest BCUT2D eigenvalue weighted by Gasteiger charge is 2.26. The first-order valence-electron chi connectivity index (χ1n) is 7.19. The predicted octanol–water partition coefficient (Wildman–Crippen LogP) is 3.43. The van der Waals surface area contributed by atoms with Gasteiger partial charge in [0.1, 0.15) is 10.6 Å². The van der Waals surface area contributed by atoms with E-state index in [1.807, 2.05) is 13.8 Å². The molecule has 9 nitrogen and oxygen atoms in total. The first-order valence-corrected chi connectivity index (χ1v) is 8.00. The average Bonchev–Trinajstić information content (AvgIpc) is 3.02. The van der Waals surface area contributed by atoms with Crippen LogP contribution in [0.4, 0.5) is 19.6 Å². The Morgan fingerprint density at radius 2 is 2.00 bits per heavy atom. The van der Waals surface area contributed by atoms with Gasteiger partial charge in [-0.15, -0.1) is 10.2 Å². The maximum atomic E-state index is 12.4. The van der Waals surface area contributed by atoms with E-state index in [1.165, 1.54) is 0 Å². The lowest BCUT2D eigenvalue weighted by Gasteiger charge is -2.11. The van der Waals surface area contributed by atoms with Crippen molar-refractivity contribution in [3.63, 3.8) is 0 Å². The Labute approximate surface area is 150 Å². The van der Waals surface area contributed by atoms with Gasteiger partial charge in [0.05, 0.1) is 18.1 Å². The summed E-state index contributed by atoms with van der Waals surface area (Å²) in [5.41, 5.74) is -1.11. The Kier molecular flexibility index (Phi) is 5.97. The third kappa shape index (κ3) is 4.39. The zero-order valence-corrected chi connectivity index (χ0v) is 14.7. The van der Waals surface area contributed by atoms with E-state index in [4.69, 9.17) is 4.74 Å². The number of hydrogen-bond acceptors (Lipinski definition) is 8. The minimum Gasteiger partial charge on any atom is -0.493 e. The fourth-order valence-corrected chi connectivity index (χ4v) is 2.65.